The van der Waals surface area contributed by atoms with Crippen molar-refractivity contribution in [2.24, 2.45) is 5.92 Å². The van der Waals surface area contributed by atoms with E-state index in [1.54, 1.807) is 30.3 Å². The summed E-state index contributed by atoms with van der Waals surface area (Å²) in [6.45, 7) is 7.85. The third-order valence-electron chi connectivity index (χ3n) is 5.20. The van der Waals surface area contributed by atoms with Crippen molar-refractivity contribution in [2.75, 3.05) is 43.0 Å². The maximum absolute atomic E-state index is 12.6. The number of hydrogen-bond acceptors (Lipinski definition) is 4. The monoisotopic (exact) mass is 497 g/mol. The Hall–Kier alpha value is -2.15. The van der Waals surface area contributed by atoms with Crippen LogP contribution in [-0.2, 0) is 9.59 Å². The fraction of sp³-hybridized carbons (Fsp3) is 0.391. The SMILES string of the molecule is Cc1cc(Cl)cc(Cl)c1OCC(=O)Nc1cccc(Cl)c1N1CCN(C(=O)C(C)C)CC1. The highest BCUT2D eigenvalue weighted by atomic mass is 35.5. The lowest BCUT2D eigenvalue weighted by Gasteiger charge is -2.38. The molecule has 6 nitrogen and oxygen atoms in total. The Morgan fingerprint density at radius 3 is 2.38 bits per heavy atom. The molecule has 1 aliphatic rings. The molecule has 0 aliphatic carbocycles. The zero-order chi connectivity index (χ0) is 23.4. The number of nitrogens with zero attached hydrogens (tertiary/aromatic N) is 2. The van der Waals surface area contributed by atoms with Gasteiger partial charge in [0.2, 0.25) is 5.91 Å². The van der Waals surface area contributed by atoms with Gasteiger partial charge in [0.1, 0.15) is 5.75 Å². The van der Waals surface area contributed by atoms with E-state index >= 15 is 0 Å². The normalized spacial score (nSPS) is 14.0. The molecule has 1 fully saturated rings. The fourth-order valence-corrected chi connectivity index (χ4v) is 4.59. The van der Waals surface area contributed by atoms with E-state index in [0.717, 1.165) is 11.3 Å². The Morgan fingerprint density at radius 2 is 1.75 bits per heavy atom. The van der Waals surface area contributed by atoms with Gasteiger partial charge in [0.05, 0.1) is 21.4 Å². The summed E-state index contributed by atoms with van der Waals surface area (Å²) in [7, 11) is 0. The van der Waals surface area contributed by atoms with Crippen LogP contribution in [0.3, 0.4) is 0 Å². The summed E-state index contributed by atoms with van der Waals surface area (Å²) in [5.74, 6) is 0.191. The lowest BCUT2D eigenvalue weighted by atomic mass is 10.1. The van der Waals surface area contributed by atoms with Gasteiger partial charge in [-0.15, -0.1) is 0 Å². The maximum Gasteiger partial charge on any atom is 0.262 e. The van der Waals surface area contributed by atoms with Crippen molar-refractivity contribution in [1.82, 2.24) is 4.90 Å². The molecule has 0 radical (unpaired) electrons. The molecule has 172 valence electrons. The van der Waals surface area contributed by atoms with Crippen LogP contribution in [0.5, 0.6) is 5.75 Å². The van der Waals surface area contributed by atoms with Crippen LogP contribution in [0.4, 0.5) is 11.4 Å². The quantitative estimate of drug-likeness (QED) is 0.589. The first-order chi connectivity index (χ1) is 15.2. The number of rotatable bonds is 6. The van der Waals surface area contributed by atoms with Crippen molar-refractivity contribution >= 4 is 58.0 Å². The van der Waals surface area contributed by atoms with Gasteiger partial charge in [-0.25, -0.2) is 0 Å². The Kier molecular flexibility index (Phi) is 8.15. The molecular formula is C23H26Cl3N3O3. The van der Waals surface area contributed by atoms with Crippen molar-refractivity contribution in [3.05, 3.63) is 51.0 Å². The van der Waals surface area contributed by atoms with E-state index in [2.05, 4.69) is 10.2 Å². The summed E-state index contributed by atoms with van der Waals surface area (Å²) >= 11 is 18.7. The fourth-order valence-electron chi connectivity index (χ4n) is 3.65. The number of halogens is 3. The molecular weight excluding hydrogens is 473 g/mol. The topological polar surface area (TPSA) is 61.9 Å². The van der Waals surface area contributed by atoms with Crippen LogP contribution in [0.2, 0.25) is 15.1 Å². The second-order valence-corrected chi connectivity index (χ2v) is 9.22. The van der Waals surface area contributed by atoms with Gasteiger partial charge >= 0.3 is 0 Å². The van der Waals surface area contributed by atoms with Crippen molar-refractivity contribution in [2.45, 2.75) is 20.8 Å². The highest BCUT2D eigenvalue weighted by Gasteiger charge is 2.25. The molecule has 2 aromatic carbocycles. The molecule has 0 spiro atoms. The average Bonchev–Trinajstić information content (AvgIpc) is 2.72. The zero-order valence-electron chi connectivity index (χ0n) is 18.3. The second kappa shape index (κ2) is 10.6. The standard InChI is InChI=1S/C23H26Cl3N3O3/c1-14(2)23(31)29-9-7-28(8-10-29)21-17(25)5-4-6-19(21)27-20(30)13-32-22-15(3)11-16(24)12-18(22)26/h4-6,11-12,14H,7-10,13H2,1-3H3,(H,27,30). The van der Waals surface area contributed by atoms with Gasteiger partial charge in [0.15, 0.2) is 6.61 Å². The molecule has 1 N–H and O–H groups in total. The summed E-state index contributed by atoms with van der Waals surface area (Å²) in [5, 5.41) is 4.26. The maximum atomic E-state index is 12.6. The number of hydrogen-bond donors (Lipinski definition) is 1. The molecule has 32 heavy (non-hydrogen) atoms. The van der Waals surface area contributed by atoms with Crippen molar-refractivity contribution < 1.29 is 14.3 Å². The molecule has 0 aromatic heterocycles. The van der Waals surface area contributed by atoms with Gasteiger partial charge in [-0.05, 0) is 36.8 Å². The minimum atomic E-state index is -0.340. The number of piperazine rings is 1. The number of nitrogens with one attached hydrogen (secondary N) is 1. The van der Waals surface area contributed by atoms with Crippen LogP contribution in [0, 0.1) is 12.8 Å². The highest BCUT2D eigenvalue weighted by Crippen LogP contribution is 2.35. The number of para-hydroxylation sites is 1. The molecule has 0 atom stereocenters. The van der Waals surface area contributed by atoms with E-state index < -0.39 is 0 Å². The van der Waals surface area contributed by atoms with E-state index in [4.69, 9.17) is 39.5 Å². The van der Waals surface area contributed by atoms with Crippen LogP contribution >= 0.6 is 34.8 Å². The highest BCUT2D eigenvalue weighted by molar-refractivity contribution is 6.35. The number of anilines is 2. The van der Waals surface area contributed by atoms with Gasteiger partial charge in [0, 0.05) is 37.1 Å². The van der Waals surface area contributed by atoms with Crippen LogP contribution in [-0.4, -0.2) is 49.5 Å². The first-order valence-electron chi connectivity index (χ1n) is 10.4. The third-order valence-corrected chi connectivity index (χ3v) is 6.01. The number of carbonyl (C=O) groups excluding carboxylic acids is 2. The number of carbonyl (C=O) groups is 2. The second-order valence-electron chi connectivity index (χ2n) is 7.97. The molecule has 0 saturated carbocycles. The minimum Gasteiger partial charge on any atom is -0.482 e. The summed E-state index contributed by atoms with van der Waals surface area (Å²) in [6, 6.07) is 8.65. The van der Waals surface area contributed by atoms with Gasteiger partial charge in [0.25, 0.3) is 5.91 Å². The lowest BCUT2D eigenvalue weighted by molar-refractivity contribution is -0.134. The average molecular weight is 499 g/mol. The predicted molar refractivity (Wildman–Crippen MR) is 130 cm³/mol. The molecule has 2 amide bonds. The first kappa shape index (κ1) is 24.5. The van der Waals surface area contributed by atoms with Crippen LogP contribution in [0.1, 0.15) is 19.4 Å². The van der Waals surface area contributed by atoms with Crippen LogP contribution < -0.4 is 15.0 Å². The van der Waals surface area contributed by atoms with E-state index in [1.165, 1.54) is 0 Å². The molecule has 0 bridgehead atoms. The number of benzene rings is 2. The molecule has 9 heteroatoms. The largest absolute Gasteiger partial charge is 0.482 e. The Balaban J connectivity index is 1.68. The summed E-state index contributed by atoms with van der Waals surface area (Å²) in [4.78, 5) is 28.8. The molecule has 3 rings (SSSR count). The molecule has 0 unspecified atom stereocenters. The first-order valence-corrected chi connectivity index (χ1v) is 11.5. The van der Waals surface area contributed by atoms with Gasteiger partial charge < -0.3 is 19.9 Å². The number of aryl methyl sites for hydroxylation is 1. The van der Waals surface area contributed by atoms with Crippen LogP contribution in [0.25, 0.3) is 0 Å². The predicted octanol–water partition coefficient (Wildman–Crippen LogP) is 5.28. The molecule has 1 aliphatic heterocycles. The van der Waals surface area contributed by atoms with Crippen molar-refractivity contribution in [1.29, 1.82) is 0 Å². The lowest BCUT2D eigenvalue weighted by Crippen LogP contribution is -2.50. The smallest absolute Gasteiger partial charge is 0.262 e. The zero-order valence-corrected chi connectivity index (χ0v) is 20.5. The van der Waals surface area contributed by atoms with Gasteiger partial charge in [-0.1, -0.05) is 54.7 Å². The van der Waals surface area contributed by atoms with Gasteiger partial charge in [-0.3, -0.25) is 9.59 Å². The van der Waals surface area contributed by atoms with E-state index in [-0.39, 0.29) is 24.3 Å². The third kappa shape index (κ3) is 5.80. The minimum absolute atomic E-state index is 0.0329. The number of amides is 2. The van der Waals surface area contributed by atoms with Crippen molar-refractivity contribution in [3.63, 3.8) is 0 Å². The van der Waals surface area contributed by atoms with Crippen LogP contribution in [0.15, 0.2) is 30.3 Å². The Labute approximate surface area is 203 Å². The molecule has 1 saturated heterocycles. The number of ether oxygens (including phenoxy) is 1. The van der Waals surface area contributed by atoms with Crippen molar-refractivity contribution in [3.8, 4) is 5.75 Å². The summed E-state index contributed by atoms with van der Waals surface area (Å²) in [5.41, 5.74) is 2.07. The molecule has 2 aromatic rings. The van der Waals surface area contributed by atoms with Gasteiger partial charge in [-0.2, -0.15) is 0 Å². The van der Waals surface area contributed by atoms with E-state index in [1.807, 2.05) is 25.7 Å². The van der Waals surface area contributed by atoms with E-state index in [9.17, 15) is 9.59 Å². The molecule has 1 heterocycles. The summed E-state index contributed by atoms with van der Waals surface area (Å²) in [6.07, 6.45) is 0. The Morgan fingerprint density at radius 1 is 1.06 bits per heavy atom. The Bertz CT molecular complexity index is 982. The van der Waals surface area contributed by atoms with E-state index in [0.29, 0.717) is 52.7 Å². The summed E-state index contributed by atoms with van der Waals surface area (Å²) < 4.78 is 5.64.